The molecule has 2 heterocycles. The number of carbonyl (C=O) groups is 1. The van der Waals surface area contributed by atoms with Crippen LogP contribution in [-0.2, 0) is 0 Å². The zero-order valence-corrected chi connectivity index (χ0v) is 12.2. The first kappa shape index (κ1) is 13.5. The van der Waals surface area contributed by atoms with E-state index < -0.39 is 0 Å². The zero-order chi connectivity index (χ0) is 14.1. The second-order valence-corrected chi connectivity index (χ2v) is 5.62. The van der Waals surface area contributed by atoms with Crippen molar-refractivity contribution in [3.63, 3.8) is 0 Å². The average molecular weight is 310 g/mol. The maximum atomic E-state index is 12.5. The van der Waals surface area contributed by atoms with E-state index in [1.807, 2.05) is 29.2 Å². The first-order valence-electron chi connectivity index (χ1n) is 6.47. The third-order valence-corrected chi connectivity index (χ3v) is 4.01. The van der Waals surface area contributed by atoms with E-state index in [1.165, 1.54) is 0 Å². The van der Waals surface area contributed by atoms with Crippen LogP contribution in [-0.4, -0.2) is 17.4 Å². The molecule has 0 aliphatic carbocycles. The molecule has 1 fully saturated rings. The lowest BCUT2D eigenvalue weighted by Gasteiger charge is -2.24. The number of hydrogen-bond acceptors (Lipinski definition) is 2. The van der Waals surface area contributed by atoms with Gasteiger partial charge in [0.1, 0.15) is 0 Å². The molecule has 1 aliphatic rings. The van der Waals surface area contributed by atoms with Gasteiger partial charge in [-0.15, -0.1) is 0 Å². The number of nitrogens with zero attached hydrogens (tertiary/aromatic N) is 1. The van der Waals surface area contributed by atoms with Crippen LogP contribution in [0.2, 0.25) is 10.2 Å². The first-order valence-corrected chi connectivity index (χ1v) is 7.22. The lowest BCUT2D eigenvalue weighted by Crippen LogP contribution is -2.30. The maximum absolute atomic E-state index is 12.5. The van der Waals surface area contributed by atoms with Gasteiger partial charge in [-0.3, -0.25) is 4.79 Å². The summed E-state index contributed by atoms with van der Waals surface area (Å²) in [5, 5.41) is 0.929. The zero-order valence-electron chi connectivity index (χ0n) is 10.7. The van der Waals surface area contributed by atoms with Crippen LogP contribution >= 0.6 is 23.2 Å². The van der Waals surface area contributed by atoms with Gasteiger partial charge >= 0.3 is 0 Å². The summed E-state index contributed by atoms with van der Waals surface area (Å²) < 4.78 is 5.21. The van der Waals surface area contributed by atoms with E-state index in [4.69, 9.17) is 27.6 Å². The third-order valence-electron chi connectivity index (χ3n) is 3.55. The molecule has 0 saturated carbocycles. The second kappa shape index (κ2) is 5.51. The third kappa shape index (κ3) is 2.56. The summed E-state index contributed by atoms with van der Waals surface area (Å²) in [5.74, 6) is 0.171. The van der Waals surface area contributed by atoms with Gasteiger partial charge in [0.2, 0.25) is 0 Å². The number of amides is 1. The molecule has 2 aromatic rings. The summed E-state index contributed by atoms with van der Waals surface area (Å²) in [5.41, 5.74) is 1.10. The number of furan rings is 1. The van der Waals surface area contributed by atoms with Gasteiger partial charge in [-0.25, -0.2) is 0 Å². The van der Waals surface area contributed by atoms with Crippen molar-refractivity contribution in [2.24, 2.45) is 0 Å². The van der Waals surface area contributed by atoms with Crippen LogP contribution in [0.3, 0.4) is 0 Å². The SMILES string of the molecule is O=C(c1ccc(Cl)o1)N1CCC[C@H]1c1ccc(Cl)cc1. The van der Waals surface area contributed by atoms with Crippen molar-refractivity contribution in [3.05, 3.63) is 58.0 Å². The van der Waals surface area contributed by atoms with Crippen molar-refractivity contribution < 1.29 is 9.21 Å². The summed E-state index contributed by atoms with van der Waals surface area (Å²) in [6.07, 6.45) is 1.93. The molecule has 0 radical (unpaired) electrons. The summed E-state index contributed by atoms with van der Waals surface area (Å²) in [7, 11) is 0. The van der Waals surface area contributed by atoms with E-state index >= 15 is 0 Å². The van der Waals surface area contributed by atoms with Gasteiger partial charge in [-0.1, -0.05) is 23.7 Å². The Bertz CT molecular complexity index is 621. The first-order chi connectivity index (χ1) is 9.65. The highest BCUT2D eigenvalue weighted by atomic mass is 35.5. The van der Waals surface area contributed by atoms with Crippen molar-refractivity contribution in [1.29, 1.82) is 0 Å². The minimum atomic E-state index is -0.116. The largest absolute Gasteiger partial charge is 0.440 e. The number of halogens is 2. The minimum absolute atomic E-state index is 0.0728. The Kier molecular flexibility index (Phi) is 3.72. The van der Waals surface area contributed by atoms with Gasteiger partial charge in [0.15, 0.2) is 11.0 Å². The van der Waals surface area contributed by atoms with Crippen LogP contribution < -0.4 is 0 Å². The fourth-order valence-corrected chi connectivity index (χ4v) is 2.88. The number of benzene rings is 1. The number of hydrogen-bond donors (Lipinski definition) is 0. The molecule has 1 atom stereocenters. The van der Waals surface area contributed by atoms with E-state index in [2.05, 4.69) is 0 Å². The normalized spacial score (nSPS) is 18.5. The quantitative estimate of drug-likeness (QED) is 0.814. The molecule has 1 saturated heterocycles. The van der Waals surface area contributed by atoms with Gasteiger partial charge in [0.05, 0.1) is 6.04 Å². The van der Waals surface area contributed by atoms with Crippen LogP contribution in [0, 0.1) is 0 Å². The Morgan fingerprint density at radius 1 is 1.15 bits per heavy atom. The molecule has 1 aromatic carbocycles. The van der Waals surface area contributed by atoms with Gasteiger partial charge in [0.25, 0.3) is 5.91 Å². The van der Waals surface area contributed by atoms with Gasteiger partial charge in [0, 0.05) is 11.6 Å². The molecule has 104 valence electrons. The fraction of sp³-hybridized carbons (Fsp3) is 0.267. The van der Waals surface area contributed by atoms with Crippen molar-refractivity contribution in [1.82, 2.24) is 4.90 Å². The smallest absolute Gasteiger partial charge is 0.290 e. The molecule has 0 spiro atoms. The van der Waals surface area contributed by atoms with E-state index in [0.29, 0.717) is 5.02 Å². The topological polar surface area (TPSA) is 33.5 Å². The van der Waals surface area contributed by atoms with Crippen molar-refractivity contribution in [2.45, 2.75) is 18.9 Å². The monoisotopic (exact) mass is 309 g/mol. The highest BCUT2D eigenvalue weighted by Gasteiger charge is 2.31. The Hall–Kier alpha value is -1.45. The van der Waals surface area contributed by atoms with Crippen LogP contribution in [0.4, 0.5) is 0 Å². The predicted octanol–water partition coefficient (Wildman–Crippen LogP) is 4.56. The van der Waals surface area contributed by atoms with E-state index in [9.17, 15) is 4.79 Å². The number of likely N-dealkylation sites (tertiary alicyclic amines) is 1. The Morgan fingerprint density at radius 3 is 2.55 bits per heavy atom. The molecule has 0 N–H and O–H groups in total. The molecule has 20 heavy (non-hydrogen) atoms. The maximum Gasteiger partial charge on any atom is 0.290 e. The predicted molar refractivity (Wildman–Crippen MR) is 78.2 cm³/mol. The molecule has 3 nitrogen and oxygen atoms in total. The number of rotatable bonds is 2. The molecule has 1 aromatic heterocycles. The standard InChI is InChI=1S/C15H13Cl2NO2/c16-11-5-3-10(4-6-11)12-2-1-9-18(12)15(19)13-7-8-14(17)20-13/h3-8,12H,1-2,9H2/t12-/m0/s1. The lowest BCUT2D eigenvalue weighted by atomic mass is 10.0. The van der Waals surface area contributed by atoms with E-state index in [1.54, 1.807) is 12.1 Å². The van der Waals surface area contributed by atoms with Crippen molar-refractivity contribution in [2.75, 3.05) is 6.54 Å². The number of carbonyl (C=O) groups excluding carboxylic acids is 1. The summed E-state index contributed by atoms with van der Waals surface area (Å²) in [4.78, 5) is 14.3. The molecule has 0 unspecified atom stereocenters. The van der Waals surface area contributed by atoms with Crippen molar-refractivity contribution in [3.8, 4) is 0 Å². The molecule has 5 heteroatoms. The van der Waals surface area contributed by atoms with E-state index in [0.717, 1.165) is 24.9 Å². The van der Waals surface area contributed by atoms with Crippen LogP contribution in [0.5, 0.6) is 0 Å². The molecular formula is C15H13Cl2NO2. The Balaban J connectivity index is 1.85. The van der Waals surface area contributed by atoms with Crippen LogP contribution in [0.25, 0.3) is 0 Å². The van der Waals surface area contributed by atoms with Gasteiger partial charge in [-0.2, -0.15) is 0 Å². The molecule has 0 bridgehead atoms. The lowest BCUT2D eigenvalue weighted by molar-refractivity contribution is 0.0703. The Labute approximate surface area is 127 Å². The highest BCUT2D eigenvalue weighted by Crippen LogP contribution is 2.34. The summed E-state index contributed by atoms with van der Waals surface area (Å²) in [6.45, 7) is 0.727. The average Bonchev–Trinajstić information content (AvgIpc) is 3.07. The van der Waals surface area contributed by atoms with Crippen molar-refractivity contribution >= 4 is 29.1 Å². The van der Waals surface area contributed by atoms with Gasteiger partial charge < -0.3 is 9.32 Å². The molecule has 1 aliphatic heterocycles. The second-order valence-electron chi connectivity index (χ2n) is 4.81. The highest BCUT2D eigenvalue weighted by molar-refractivity contribution is 6.30. The summed E-state index contributed by atoms with van der Waals surface area (Å²) >= 11 is 11.6. The van der Waals surface area contributed by atoms with Crippen LogP contribution in [0.15, 0.2) is 40.8 Å². The Morgan fingerprint density at radius 2 is 1.90 bits per heavy atom. The van der Waals surface area contributed by atoms with Crippen LogP contribution in [0.1, 0.15) is 35.0 Å². The van der Waals surface area contributed by atoms with Gasteiger partial charge in [-0.05, 0) is 54.3 Å². The fourth-order valence-electron chi connectivity index (χ4n) is 2.61. The summed E-state index contributed by atoms with van der Waals surface area (Å²) in [6, 6.07) is 10.9. The minimum Gasteiger partial charge on any atom is -0.440 e. The molecule has 3 rings (SSSR count). The van der Waals surface area contributed by atoms with E-state index in [-0.39, 0.29) is 22.9 Å². The molecular weight excluding hydrogens is 297 g/mol. The molecule has 1 amide bonds.